The quantitative estimate of drug-likeness (QED) is 0.487. The number of aromatic nitrogens is 1. The number of rotatable bonds is 8. The maximum Gasteiger partial charge on any atom is 0.240 e. The normalized spacial score (nSPS) is 13.2. The summed E-state index contributed by atoms with van der Waals surface area (Å²) in [6.07, 6.45) is 2.78. The Morgan fingerprint density at radius 2 is 1.70 bits per heavy atom. The molecule has 140 valence electrons. The molecule has 0 fully saturated rings. The van der Waals surface area contributed by atoms with E-state index < -0.39 is 18.0 Å². The van der Waals surface area contributed by atoms with Crippen LogP contribution in [0.15, 0.2) is 60.8 Å². The van der Waals surface area contributed by atoms with Crippen LogP contribution in [-0.2, 0) is 22.4 Å². The molecule has 0 unspecified atom stereocenters. The molecule has 0 bridgehead atoms. The van der Waals surface area contributed by atoms with Gasteiger partial charge in [-0.05, 0) is 30.7 Å². The highest BCUT2D eigenvalue weighted by Gasteiger charge is 2.24. The van der Waals surface area contributed by atoms with Crippen LogP contribution in [0.4, 0.5) is 0 Å². The molecular weight excluding hydrogens is 340 g/mol. The minimum absolute atomic E-state index is 0.248. The van der Waals surface area contributed by atoms with Crippen molar-refractivity contribution >= 4 is 22.7 Å². The molecule has 1 heterocycles. The van der Waals surface area contributed by atoms with E-state index in [1.54, 1.807) is 7.05 Å². The minimum atomic E-state index is -0.751. The molecule has 0 saturated carbocycles. The molecule has 6 heteroatoms. The van der Waals surface area contributed by atoms with Crippen molar-refractivity contribution in [3.63, 3.8) is 0 Å². The van der Waals surface area contributed by atoms with Crippen molar-refractivity contribution in [2.45, 2.75) is 24.9 Å². The maximum atomic E-state index is 12.8. The van der Waals surface area contributed by atoms with Crippen LogP contribution in [-0.4, -0.2) is 35.9 Å². The molecule has 3 aromatic rings. The molecule has 0 aliphatic heterocycles. The van der Waals surface area contributed by atoms with Crippen LogP contribution in [0.3, 0.4) is 0 Å². The number of nitrogens with one attached hydrogen (secondary N) is 3. The Morgan fingerprint density at radius 3 is 2.41 bits per heavy atom. The van der Waals surface area contributed by atoms with E-state index in [2.05, 4.69) is 15.6 Å². The molecule has 27 heavy (non-hydrogen) atoms. The number of carbonyl (C=O) groups is 2. The standard InChI is InChI=1S/C21H24N4O2/c1-23-19(12-15-13-24-17-10-6-5-9-16(15)17)21(27)25-18(20(22)26)11-14-7-3-2-4-8-14/h2-10,13,18-19,23-24H,11-12H2,1H3,(H2,22,26)(H,25,27)/t18-,19-/m0/s1. The summed E-state index contributed by atoms with van der Waals surface area (Å²) in [4.78, 5) is 27.8. The number of hydrogen-bond donors (Lipinski definition) is 4. The summed E-state index contributed by atoms with van der Waals surface area (Å²) in [7, 11) is 1.73. The number of primary amides is 1. The van der Waals surface area contributed by atoms with Gasteiger partial charge in [-0.2, -0.15) is 0 Å². The molecule has 2 aromatic carbocycles. The van der Waals surface area contributed by atoms with Crippen LogP contribution in [0.5, 0.6) is 0 Å². The molecule has 0 radical (unpaired) electrons. The van der Waals surface area contributed by atoms with Crippen molar-refractivity contribution in [2.75, 3.05) is 7.05 Å². The van der Waals surface area contributed by atoms with E-state index in [4.69, 9.17) is 5.73 Å². The fourth-order valence-electron chi connectivity index (χ4n) is 3.19. The lowest BCUT2D eigenvalue weighted by molar-refractivity contribution is -0.128. The summed E-state index contributed by atoms with van der Waals surface area (Å²) in [5.74, 6) is -0.795. The minimum Gasteiger partial charge on any atom is -0.368 e. The molecule has 0 aliphatic carbocycles. The van der Waals surface area contributed by atoms with Crippen molar-refractivity contribution in [3.05, 3.63) is 71.9 Å². The predicted molar refractivity (Wildman–Crippen MR) is 106 cm³/mol. The fourth-order valence-corrected chi connectivity index (χ4v) is 3.19. The van der Waals surface area contributed by atoms with Gasteiger partial charge in [0.2, 0.25) is 11.8 Å². The Kier molecular flexibility index (Phi) is 5.88. The van der Waals surface area contributed by atoms with E-state index in [1.807, 2.05) is 60.8 Å². The molecule has 2 atom stereocenters. The van der Waals surface area contributed by atoms with E-state index in [0.717, 1.165) is 22.0 Å². The third-order valence-electron chi connectivity index (χ3n) is 4.71. The van der Waals surface area contributed by atoms with Gasteiger partial charge >= 0.3 is 0 Å². The largest absolute Gasteiger partial charge is 0.368 e. The van der Waals surface area contributed by atoms with Crippen LogP contribution < -0.4 is 16.4 Å². The summed E-state index contributed by atoms with van der Waals surface area (Å²) < 4.78 is 0. The van der Waals surface area contributed by atoms with Gasteiger partial charge in [-0.1, -0.05) is 48.5 Å². The Balaban J connectivity index is 1.70. The average Bonchev–Trinajstić information content (AvgIpc) is 3.09. The smallest absolute Gasteiger partial charge is 0.240 e. The molecule has 0 aliphatic rings. The topological polar surface area (TPSA) is 100 Å². The van der Waals surface area contributed by atoms with Crippen molar-refractivity contribution in [3.8, 4) is 0 Å². The van der Waals surface area contributed by atoms with Crippen LogP contribution in [0.2, 0.25) is 0 Å². The molecule has 6 nitrogen and oxygen atoms in total. The van der Waals surface area contributed by atoms with Gasteiger partial charge in [0.05, 0.1) is 6.04 Å². The third kappa shape index (κ3) is 4.54. The first kappa shape index (κ1) is 18.7. The summed E-state index contributed by atoms with van der Waals surface area (Å²) in [5, 5.41) is 6.91. The van der Waals surface area contributed by atoms with Crippen molar-refractivity contribution in [2.24, 2.45) is 5.73 Å². The first-order chi connectivity index (χ1) is 13.1. The Hall–Kier alpha value is -3.12. The average molecular weight is 364 g/mol. The van der Waals surface area contributed by atoms with Gasteiger partial charge in [-0.25, -0.2) is 0 Å². The van der Waals surface area contributed by atoms with E-state index in [9.17, 15) is 9.59 Å². The van der Waals surface area contributed by atoms with E-state index in [-0.39, 0.29) is 5.91 Å². The first-order valence-corrected chi connectivity index (χ1v) is 8.94. The molecule has 2 amide bonds. The third-order valence-corrected chi connectivity index (χ3v) is 4.71. The number of nitrogens with two attached hydrogens (primary N) is 1. The number of benzene rings is 2. The second-order valence-electron chi connectivity index (χ2n) is 6.56. The second-order valence-corrected chi connectivity index (χ2v) is 6.56. The van der Waals surface area contributed by atoms with Crippen LogP contribution in [0.1, 0.15) is 11.1 Å². The first-order valence-electron chi connectivity index (χ1n) is 8.94. The molecule has 3 rings (SSSR count). The summed E-state index contributed by atoms with van der Waals surface area (Å²) in [5.41, 5.74) is 8.52. The number of fused-ring (bicyclic) bond motifs is 1. The monoisotopic (exact) mass is 364 g/mol. The van der Waals surface area contributed by atoms with E-state index in [1.165, 1.54) is 0 Å². The maximum absolute atomic E-state index is 12.8. The number of hydrogen-bond acceptors (Lipinski definition) is 3. The van der Waals surface area contributed by atoms with Crippen molar-refractivity contribution < 1.29 is 9.59 Å². The fraction of sp³-hybridized carbons (Fsp3) is 0.238. The van der Waals surface area contributed by atoms with Gasteiger partial charge < -0.3 is 21.4 Å². The van der Waals surface area contributed by atoms with Crippen molar-refractivity contribution in [1.82, 2.24) is 15.6 Å². The number of H-pyrrole nitrogens is 1. The van der Waals surface area contributed by atoms with Crippen LogP contribution in [0.25, 0.3) is 10.9 Å². The van der Waals surface area contributed by atoms with E-state index in [0.29, 0.717) is 12.8 Å². The second kappa shape index (κ2) is 8.51. The molecule has 0 spiro atoms. The Morgan fingerprint density at radius 1 is 1.00 bits per heavy atom. The summed E-state index contributed by atoms with van der Waals surface area (Å²) >= 11 is 0. The molecule has 0 saturated heterocycles. The summed E-state index contributed by atoms with van der Waals surface area (Å²) in [6.45, 7) is 0. The van der Waals surface area contributed by atoms with Gasteiger partial charge in [0.15, 0.2) is 0 Å². The number of aromatic amines is 1. The number of amides is 2. The Labute approximate surface area is 158 Å². The van der Waals surface area contributed by atoms with Gasteiger partial charge in [0.25, 0.3) is 0 Å². The Bertz CT molecular complexity index is 920. The zero-order valence-corrected chi connectivity index (χ0v) is 15.2. The van der Waals surface area contributed by atoms with Gasteiger partial charge in [0, 0.05) is 23.5 Å². The molecule has 5 N–H and O–H groups in total. The number of carbonyl (C=O) groups excluding carboxylic acids is 2. The lowest BCUT2D eigenvalue weighted by Crippen LogP contribution is -2.52. The van der Waals surface area contributed by atoms with Gasteiger partial charge in [-0.3, -0.25) is 9.59 Å². The summed E-state index contributed by atoms with van der Waals surface area (Å²) in [6, 6.07) is 16.2. The zero-order valence-electron chi connectivity index (χ0n) is 15.2. The van der Waals surface area contributed by atoms with Crippen LogP contribution >= 0.6 is 0 Å². The highest BCUT2D eigenvalue weighted by atomic mass is 16.2. The number of para-hydroxylation sites is 1. The van der Waals surface area contributed by atoms with Crippen LogP contribution in [0, 0.1) is 0 Å². The van der Waals surface area contributed by atoms with Gasteiger partial charge in [0.1, 0.15) is 6.04 Å². The van der Waals surface area contributed by atoms with Gasteiger partial charge in [-0.15, -0.1) is 0 Å². The molecular formula is C21H24N4O2. The van der Waals surface area contributed by atoms with Crippen molar-refractivity contribution in [1.29, 1.82) is 0 Å². The molecule has 1 aromatic heterocycles. The highest BCUT2D eigenvalue weighted by molar-refractivity contribution is 5.90. The lowest BCUT2D eigenvalue weighted by atomic mass is 10.0. The number of likely N-dealkylation sites (N-methyl/N-ethyl adjacent to an activating group) is 1. The lowest BCUT2D eigenvalue weighted by Gasteiger charge is -2.20. The SMILES string of the molecule is CN[C@@H](Cc1c[nH]c2ccccc12)C(=O)N[C@@H](Cc1ccccc1)C(N)=O. The zero-order chi connectivity index (χ0) is 19.2. The van der Waals surface area contributed by atoms with E-state index >= 15 is 0 Å². The highest BCUT2D eigenvalue weighted by Crippen LogP contribution is 2.19. The predicted octanol–water partition coefficient (Wildman–Crippen LogP) is 1.51.